The second kappa shape index (κ2) is 9.27. The normalized spacial score (nSPS) is 21.8. The molecule has 28 heavy (non-hydrogen) atoms. The minimum absolute atomic E-state index is 0.351. The fraction of sp³-hybridized carbons (Fsp3) is 0.474. The summed E-state index contributed by atoms with van der Waals surface area (Å²) in [5.74, 6) is -2.36. The number of aliphatic imine (C=N–C) groups is 1. The van der Waals surface area contributed by atoms with Crippen LogP contribution in [0.5, 0.6) is 0 Å². The molecule has 150 valence electrons. The summed E-state index contributed by atoms with van der Waals surface area (Å²) in [7, 11) is 0. The highest BCUT2D eigenvalue weighted by Crippen LogP contribution is 2.23. The van der Waals surface area contributed by atoms with E-state index in [4.69, 9.17) is 16.3 Å². The highest BCUT2D eigenvalue weighted by atomic mass is 35.5. The van der Waals surface area contributed by atoms with Crippen LogP contribution in [0.4, 0.5) is 10.5 Å². The lowest BCUT2D eigenvalue weighted by atomic mass is 9.99. The molecule has 8 nitrogen and oxygen atoms in total. The molecule has 9 heteroatoms. The highest BCUT2D eigenvalue weighted by Gasteiger charge is 2.42. The number of halogens is 1. The monoisotopic (exact) mass is 406 g/mol. The molecule has 0 saturated carbocycles. The number of carbonyl (C=O) groups excluding carboxylic acids is 3. The minimum atomic E-state index is -1.11. The number of nitrogens with one attached hydrogen (secondary N) is 1. The Morgan fingerprint density at radius 1 is 1.21 bits per heavy atom. The first-order valence-electron chi connectivity index (χ1n) is 9.23. The third kappa shape index (κ3) is 4.76. The number of hydrogen-bond donors (Lipinski definition) is 1. The van der Waals surface area contributed by atoms with E-state index in [9.17, 15) is 14.4 Å². The van der Waals surface area contributed by atoms with Gasteiger partial charge in [0.2, 0.25) is 5.91 Å². The molecule has 1 unspecified atom stereocenters. The van der Waals surface area contributed by atoms with Gasteiger partial charge in [-0.1, -0.05) is 11.6 Å². The van der Waals surface area contributed by atoms with Crippen LogP contribution >= 0.6 is 11.6 Å². The maximum atomic E-state index is 12.9. The zero-order chi connectivity index (χ0) is 20.1. The molecule has 0 bridgehead atoms. The summed E-state index contributed by atoms with van der Waals surface area (Å²) >= 11 is 5.87. The van der Waals surface area contributed by atoms with Crippen molar-refractivity contribution in [1.82, 2.24) is 10.2 Å². The van der Waals surface area contributed by atoms with Crippen LogP contribution in [0.25, 0.3) is 0 Å². The molecule has 2 saturated heterocycles. The van der Waals surface area contributed by atoms with E-state index < -0.39 is 23.8 Å². The summed E-state index contributed by atoms with van der Waals surface area (Å²) in [6.07, 6.45) is 0.819. The number of benzene rings is 1. The van der Waals surface area contributed by atoms with Crippen molar-refractivity contribution in [2.75, 3.05) is 44.3 Å². The Morgan fingerprint density at radius 3 is 2.57 bits per heavy atom. The molecule has 1 aromatic rings. The van der Waals surface area contributed by atoms with Crippen molar-refractivity contribution in [2.45, 2.75) is 13.3 Å². The molecule has 2 fully saturated rings. The van der Waals surface area contributed by atoms with Gasteiger partial charge in [0.15, 0.2) is 5.92 Å². The van der Waals surface area contributed by atoms with Crippen molar-refractivity contribution in [3.63, 3.8) is 0 Å². The maximum Gasteiger partial charge on any atom is 0.335 e. The Balaban J connectivity index is 1.65. The summed E-state index contributed by atoms with van der Waals surface area (Å²) < 4.78 is 5.32. The van der Waals surface area contributed by atoms with Gasteiger partial charge in [-0.15, -0.1) is 0 Å². The number of rotatable bonds is 6. The van der Waals surface area contributed by atoms with E-state index in [-0.39, 0.29) is 0 Å². The van der Waals surface area contributed by atoms with Gasteiger partial charge in [0.1, 0.15) is 0 Å². The Morgan fingerprint density at radius 2 is 1.89 bits per heavy atom. The molecule has 0 aromatic heterocycles. The number of barbiturate groups is 1. The summed E-state index contributed by atoms with van der Waals surface area (Å²) in [5, 5.41) is 2.72. The zero-order valence-electron chi connectivity index (χ0n) is 15.7. The van der Waals surface area contributed by atoms with Crippen LogP contribution in [0.15, 0.2) is 29.3 Å². The van der Waals surface area contributed by atoms with Crippen LogP contribution in [0, 0.1) is 5.92 Å². The quantitative estimate of drug-likeness (QED) is 0.441. The van der Waals surface area contributed by atoms with Crippen LogP contribution in [0.1, 0.15) is 13.3 Å². The molecule has 4 amide bonds. The number of nitrogens with zero attached hydrogens (tertiary/aromatic N) is 3. The average molecular weight is 407 g/mol. The van der Waals surface area contributed by atoms with E-state index in [1.54, 1.807) is 31.2 Å². The minimum Gasteiger partial charge on any atom is -0.379 e. The number of hydrogen-bond acceptors (Lipinski definition) is 6. The molecule has 1 aromatic carbocycles. The molecule has 0 aliphatic carbocycles. The van der Waals surface area contributed by atoms with Crippen molar-refractivity contribution >= 4 is 40.8 Å². The summed E-state index contributed by atoms with van der Waals surface area (Å²) in [4.78, 5) is 45.0. The number of anilines is 1. The number of urea groups is 1. The lowest BCUT2D eigenvalue weighted by molar-refractivity contribution is -0.131. The van der Waals surface area contributed by atoms with E-state index in [0.29, 0.717) is 23.0 Å². The average Bonchev–Trinajstić information content (AvgIpc) is 2.67. The third-order valence-corrected chi connectivity index (χ3v) is 5.01. The van der Waals surface area contributed by atoms with Gasteiger partial charge in [-0.2, -0.15) is 0 Å². The molecule has 2 heterocycles. The first kappa shape index (κ1) is 20.4. The first-order chi connectivity index (χ1) is 13.5. The second-order valence-corrected chi connectivity index (χ2v) is 7.14. The Labute approximate surface area is 168 Å². The van der Waals surface area contributed by atoms with Crippen molar-refractivity contribution in [3.8, 4) is 0 Å². The number of amides is 4. The molecule has 3 rings (SSSR count). The van der Waals surface area contributed by atoms with Gasteiger partial charge in [-0.3, -0.25) is 24.8 Å². The Hall–Kier alpha value is -2.29. The second-order valence-electron chi connectivity index (χ2n) is 6.71. The van der Waals surface area contributed by atoms with Gasteiger partial charge in [0.05, 0.1) is 18.9 Å². The lowest BCUT2D eigenvalue weighted by Crippen LogP contribution is -2.60. The van der Waals surface area contributed by atoms with E-state index in [2.05, 4.69) is 15.2 Å². The van der Waals surface area contributed by atoms with Crippen molar-refractivity contribution in [3.05, 3.63) is 29.3 Å². The van der Waals surface area contributed by atoms with E-state index in [0.717, 1.165) is 44.2 Å². The number of morpholine rings is 1. The SMILES string of the molecule is CC(=NCCCN1CCOCC1)C1C(=O)NC(=O)N(c2ccc(Cl)cc2)C1=O. The van der Waals surface area contributed by atoms with Crippen LogP contribution < -0.4 is 10.2 Å². The lowest BCUT2D eigenvalue weighted by Gasteiger charge is -2.30. The summed E-state index contributed by atoms with van der Waals surface area (Å²) in [6, 6.07) is 5.50. The third-order valence-electron chi connectivity index (χ3n) is 4.76. The molecule has 1 N–H and O–H groups in total. The van der Waals surface area contributed by atoms with Gasteiger partial charge in [0, 0.05) is 36.9 Å². The first-order valence-corrected chi connectivity index (χ1v) is 9.60. The van der Waals surface area contributed by atoms with Gasteiger partial charge in [-0.05, 0) is 37.6 Å². The molecular weight excluding hydrogens is 384 g/mol. The highest BCUT2D eigenvalue weighted by molar-refractivity contribution is 6.35. The van der Waals surface area contributed by atoms with E-state index in [1.165, 1.54) is 0 Å². The molecular formula is C19H23ClN4O4. The van der Waals surface area contributed by atoms with Gasteiger partial charge >= 0.3 is 6.03 Å². The van der Waals surface area contributed by atoms with E-state index >= 15 is 0 Å². The number of imide groups is 2. The molecule has 0 radical (unpaired) electrons. The van der Waals surface area contributed by atoms with Crippen molar-refractivity contribution < 1.29 is 19.1 Å². The zero-order valence-corrected chi connectivity index (χ0v) is 16.4. The molecule has 1 atom stereocenters. The summed E-state index contributed by atoms with van der Waals surface area (Å²) in [5.41, 5.74) is 0.750. The predicted octanol–water partition coefficient (Wildman–Crippen LogP) is 1.72. The van der Waals surface area contributed by atoms with Crippen molar-refractivity contribution in [1.29, 1.82) is 0 Å². The Kier molecular flexibility index (Phi) is 6.77. The van der Waals surface area contributed by atoms with E-state index in [1.807, 2.05) is 0 Å². The number of ether oxygens (including phenoxy) is 1. The fourth-order valence-electron chi connectivity index (χ4n) is 3.24. The van der Waals surface area contributed by atoms with Crippen LogP contribution in [0.2, 0.25) is 5.02 Å². The van der Waals surface area contributed by atoms with Crippen LogP contribution in [0.3, 0.4) is 0 Å². The largest absolute Gasteiger partial charge is 0.379 e. The van der Waals surface area contributed by atoms with Gasteiger partial charge in [-0.25, -0.2) is 9.69 Å². The number of carbonyl (C=O) groups is 3. The Bertz CT molecular complexity index is 775. The maximum absolute atomic E-state index is 12.9. The molecule has 2 aliphatic rings. The van der Waals surface area contributed by atoms with Crippen LogP contribution in [-0.2, 0) is 14.3 Å². The van der Waals surface area contributed by atoms with Gasteiger partial charge in [0.25, 0.3) is 5.91 Å². The predicted molar refractivity (Wildman–Crippen MR) is 106 cm³/mol. The van der Waals surface area contributed by atoms with Crippen LogP contribution in [-0.4, -0.2) is 67.8 Å². The topological polar surface area (TPSA) is 91.3 Å². The smallest absolute Gasteiger partial charge is 0.335 e. The fourth-order valence-corrected chi connectivity index (χ4v) is 3.37. The molecule has 2 aliphatic heterocycles. The van der Waals surface area contributed by atoms with Crippen molar-refractivity contribution in [2.24, 2.45) is 10.9 Å². The van der Waals surface area contributed by atoms with Gasteiger partial charge < -0.3 is 4.74 Å². The standard InChI is InChI=1S/C19H23ClN4O4/c1-13(21-7-2-8-23-9-11-28-12-10-23)16-17(25)22-19(27)24(18(16)26)15-5-3-14(20)4-6-15/h3-6,16H,2,7-12H2,1H3,(H,22,25,27). The summed E-state index contributed by atoms with van der Waals surface area (Å²) in [6.45, 7) is 6.35. The molecule has 0 spiro atoms.